The van der Waals surface area contributed by atoms with Crippen LogP contribution in [0.25, 0.3) is 0 Å². The molecule has 1 aliphatic carbocycles. The molecule has 3 fully saturated rings. The molecular weight excluding hydrogens is 366 g/mol. The summed E-state index contributed by atoms with van der Waals surface area (Å²) in [7, 11) is 2.15. The first kappa shape index (κ1) is 20.2. The number of benzene rings is 1. The van der Waals surface area contributed by atoms with E-state index in [1.807, 2.05) is 17.0 Å². The number of piperazine rings is 2. The molecule has 158 valence electrons. The van der Waals surface area contributed by atoms with E-state index in [1.165, 1.54) is 5.69 Å². The molecule has 1 saturated carbocycles. The van der Waals surface area contributed by atoms with Crippen molar-refractivity contribution >= 4 is 23.2 Å². The molecule has 4 rings (SSSR count). The van der Waals surface area contributed by atoms with Crippen LogP contribution in [0.3, 0.4) is 0 Å². The number of rotatable bonds is 5. The van der Waals surface area contributed by atoms with Crippen molar-refractivity contribution in [3.63, 3.8) is 0 Å². The predicted octanol–water partition coefficient (Wildman–Crippen LogP) is 1.32. The van der Waals surface area contributed by atoms with E-state index in [1.54, 1.807) is 0 Å². The number of nitrogens with one attached hydrogen (secondary N) is 1. The molecule has 0 atom stereocenters. The number of nitrogens with zero attached hydrogens (tertiary/aromatic N) is 4. The third-order valence-corrected chi connectivity index (χ3v) is 6.69. The summed E-state index contributed by atoms with van der Waals surface area (Å²) in [6, 6.07) is 8.02. The van der Waals surface area contributed by atoms with Crippen LogP contribution < -0.4 is 10.2 Å². The van der Waals surface area contributed by atoms with Crippen LogP contribution in [0.4, 0.5) is 11.4 Å². The van der Waals surface area contributed by atoms with Crippen LogP contribution in [0, 0.1) is 5.41 Å². The maximum atomic E-state index is 13.0. The lowest BCUT2D eigenvalue weighted by Gasteiger charge is -2.35. The van der Waals surface area contributed by atoms with Crippen molar-refractivity contribution in [1.82, 2.24) is 14.7 Å². The molecule has 1 N–H and O–H groups in total. The minimum atomic E-state index is -0.843. The molecule has 7 heteroatoms. The quantitative estimate of drug-likeness (QED) is 0.757. The molecular formula is C22H33N5O2. The molecule has 2 aliphatic heterocycles. The van der Waals surface area contributed by atoms with Crippen LogP contribution >= 0.6 is 0 Å². The van der Waals surface area contributed by atoms with E-state index in [2.05, 4.69) is 46.1 Å². The fraction of sp³-hybridized carbons (Fsp3) is 0.636. The van der Waals surface area contributed by atoms with Gasteiger partial charge in [0.25, 0.3) is 0 Å². The zero-order chi connectivity index (χ0) is 20.4. The maximum Gasteiger partial charge on any atom is 0.240 e. The first-order valence-electron chi connectivity index (χ1n) is 10.9. The Morgan fingerprint density at radius 3 is 2.10 bits per heavy atom. The summed E-state index contributed by atoms with van der Waals surface area (Å²) in [5, 5.41) is 3.00. The lowest BCUT2D eigenvalue weighted by atomic mass is 10.0. The van der Waals surface area contributed by atoms with Gasteiger partial charge in [-0.2, -0.15) is 0 Å². The SMILES string of the molecule is CCN1CCN(C(=O)C2(C(=O)Nc3ccc(N4CCN(C)CC4)cc3)CC2)CC1. The van der Waals surface area contributed by atoms with Crippen molar-refractivity contribution in [2.45, 2.75) is 19.8 Å². The molecule has 1 aromatic rings. The van der Waals surface area contributed by atoms with E-state index in [4.69, 9.17) is 0 Å². The molecule has 29 heavy (non-hydrogen) atoms. The highest BCUT2D eigenvalue weighted by Crippen LogP contribution is 2.48. The van der Waals surface area contributed by atoms with Crippen LogP contribution in [0.5, 0.6) is 0 Å². The Morgan fingerprint density at radius 2 is 1.55 bits per heavy atom. The van der Waals surface area contributed by atoms with Gasteiger partial charge in [0.1, 0.15) is 5.41 Å². The smallest absolute Gasteiger partial charge is 0.240 e. The van der Waals surface area contributed by atoms with Gasteiger partial charge in [-0.05, 0) is 50.7 Å². The van der Waals surface area contributed by atoms with Crippen molar-refractivity contribution in [2.75, 3.05) is 76.2 Å². The van der Waals surface area contributed by atoms with Crippen LogP contribution in [-0.4, -0.2) is 92.5 Å². The minimum Gasteiger partial charge on any atom is -0.369 e. The fourth-order valence-corrected chi connectivity index (χ4v) is 4.30. The van der Waals surface area contributed by atoms with Crippen LogP contribution in [0.1, 0.15) is 19.8 Å². The van der Waals surface area contributed by atoms with Gasteiger partial charge in [0.15, 0.2) is 0 Å². The normalized spacial score (nSPS) is 22.4. The fourth-order valence-electron chi connectivity index (χ4n) is 4.30. The van der Waals surface area contributed by atoms with Gasteiger partial charge in [0.05, 0.1) is 0 Å². The first-order valence-corrected chi connectivity index (χ1v) is 10.9. The lowest BCUT2D eigenvalue weighted by Crippen LogP contribution is -2.52. The summed E-state index contributed by atoms with van der Waals surface area (Å²) in [5.41, 5.74) is 1.11. The van der Waals surface area contributed by atoms with E-state index in [0.717, 1.165) is 64.6 Å². The van der Waals surface area contributed by atoms with E-state index in [-0.39, 0.29) is 11.8 Å². The molecule has 0 bridgehead atoms. The van der Waals surface area contributed by atoms with Crippen molar-refractivity contribution in [2.24, 2.45) is 5.41 Å². The van der Waals surface area contributed by atoms with Gasteiger partial charge >= 0.3 is 0 Å². The number of carbonyl (C=O) groups is 2. The van der Waals surface area contributed by atoms with E-state index >= 15 is 0 Å². The maximum absolute atomic E-state index is 13.0. The molecule has 0 spiro atoms. The minimum absolute atomic E-state index is 0.0137. The molecule has 2 amide bonds. The summed E-state index contributed by atoms with van der Waals surface area (Å²) in [6.45, 7) is 10.6. The number of likely N-dealkylation sites (N-methyl/N-ethyl adjacent to an activating group) is 2. The van der Waals surface area contributed by atoms with Crippen molar-refractivity contribution < 1.29 is 9.59 Å². The van der Waals surface area contributed by atoms with Crippen LogP contribution in [0.2, 0.25) is 0 Å². The lowest BCUT2D eigenvalue weighted by molar-refractivity contribution is -0.143. The van der Waals surface area contributed by atoms with Crippen molar-refractivity contribution in [3.8, 4) is 0 Å². The molecule has 0 radical (unpaired) electrons. The van der Waals surface area contributed by atoms with Gasteiger partial charge in [-0.25, -0.2) is 0 Å². The predicted molar refractivity (Wildman–Crippen MR) is 115 cm³/mol. The Kier molecular flexibility index (Phi) is 5.79. The number of hydrogen-bond acceptors (Lipinski definition) is 5. The van der Waals surface area contributed by atoms with Gasteiger partial charge in [0.2, 0.25) is 11.8 Å². The number of hydrogen-bond donors (Lipinski definition) is 1. The van der Waals surface area contributed by atoms with Gasteiger partial charge in [-0.3, -0.25) is 9.59 Å². The largest absolute Gasteiger partial charge is 0.369 e. The zero-order valence-corrected chi connectivity index (χ0v) is 17.7. The Morgan fingerprint density at radius 1 is 0.931 bits per heavy atom. The third-order valence-electron chi connectivity index (χ3n) is 6.69. The van der Waals surface area contributed by atoms with Crippen LogP contribution in [0.15, 0.2) is 24.3 Å². The van der Waals surface area contributed by atoms with E-state index in [0.29, 0.717) is 12.8 Å². The van der Waals surface area contributed by atoms with Gasteiger partial charge in [-0.15, -0.1) is 0 Å². The molecule has 7 nitrogen and oxygen atoms in total. The van der Waals surface area contributed by atoms with E-state index < -0.39 is 5.41 Å². The zero-order valence-electron chi connectivity index (χ0n) is 17.7. The van der Waals surface area contributed by atoms with E-state index in [9.17, 15) is 9.59 Å². The summed E-state index contributed by atoms with van der Waals surface area (Å²) in [5.74, 6) is -0.132. The highest BCUT2D eigenvalue weighted by Gasteiger charge is 2.58. The van der Waals surface area contributed by atoms with Gasteiger partial charge < -0.3 is 24.9 Å². The summed E-state index contributed by atoms with van der Waals surface area (Å²) >= 11 is 0. The first-order chi connectivity index (χ1) is 14.0. The van der Waals surface area contributed by atoms with Gasteiger partial charge in [0, 0.05) is 63.7 Å². The topological polar surface area (TPSA) is 59.1 Å². The van der Waals surface area contributed by atoms with Crippen molar-refractivity contribution in [3.05, 3.63) is 24.3 Å². The summed E-state index contributed by atoms with van der Waals surface area (Å²) in [4.78, 5) is 34.9. The van der Waals surface area contributed by atoms with Crippen LogP contribution in [-0.2, 0) is 9.59 Å². The number of anilines is 2. The monoisotopic (exact) mass is 399 g/mol. The average Bonchev–Trinajstić information content (AvgIpc) is 3.57. The Bertz CT molecular complexity index is 730. The summed E-state index contributed by atoms with van der Waals surface area (Å²) < 4.78 is 0. The number of carbonyl (C=O) groups excluding carboxylic acids is 2. The molecule has 0 aromatic heterocycles. The number of amides is 2. The third kappa shape index (κ3) is 4.26. The van der Waals surface area contributed by atoms with Gasteiger partial charge in [-0.1, -0.05) is 6.92 Å². The Balaban J connectivity index is 1.34. The second-order valence-corrected chi connectivity index (χ2v) is 8.60. The Hall–Kier alpha value is -2.12. The molecule has 3 aliphatic rings. The standard InChI is InChI=1S/C22H33N5O2/c1-3-25-12-16-27(17-13-25)21(29)22(8-9-22)20(28)23-18-4-6-19(7-5-18)26-14-10-24(2)11-15-26/h4-7H,3,8-17H2,1-2H3,(H,23,28). The second kappa shape index (κ2) is 8.32. The average molecular weight is 400 g/mol. The molecule has 2 saturated heterocycles. The second-order valence-electron chi connectivity index (χ2n) is 8.60. The highest BCUT2D eigenvalue weighted by atomic mass is 16.2. The molecule has 0 unspecified atom stereocenters. The Labute approximate surface area is 173 Å². The molecule has 1 aromatic carbocycles. The summed E-state index contributed by atoms with van der Waals surface area (Å²) in [6.07, 6.45) is 1.32. The molecule has 2 heterocycles. The highest BCUT2D eigenvalue weighted by molar-refractivity contribution is 6.13. The van der Waals surface area contributed by atoms with Crippen molar-refractivity contribution in [1.29, 1.82) is 0 Å².